The van der Waals surface area contributed by atoms with Gasteiger partial charge < -0.3 is 0 Å². The number of rotatable bonds is 7. The molecule has 0 atom stereocenters. The van der Waals surface area contributed by atoms with Crippen molar-refractivity contribution in [3.05, 3.63) is 54.1 Å². The van der Waals surface area contributed by atoms with Gasteiger partial charge >= 0.3 is 0 Å². The molecule has 0 aromatic heterocycles. The van der Waals surface area contributed by atoms with Gasteiger partial charge in [-0.3, -0.25) is 0 Å². The third-order valence-electron chi connectivity index (χ3n) is 5.86. The molecule has 136 valence electrons. The van der Waals surface area contributed by atoms with Crippen LogP contribution in [0.1, 0.15) is 57.4 Å². The Kier molecular flexibility index (Phi) is 7.17. The zero-order valence-corrected chi connectivity index (χ0v) is 16.6. The highest BCUT2D eigenvalue weighted by molar-refractivity contribution is 7.78. The summed E-state index contributed by atoms with van der Waals surface area (Å²) in [5.41, 5.74) is 4.94. The fourth-order valence-electron chi connectivity index (χ4n) is 4.36. The Hall–Kier alpha value is -1.76. The predicted octanol–water partition coefficient (Wildman–Crippen LogP) is 7.63. The van der Waals surface area contributed by atoms with Crippen molar-refractivity contribution in [2.75, 3.05) is 0 Å². The van der Waals surface area contributed by atoms with E-state index < -0.39 is 0 Å². The van der Waals surface area contributed by atoms with Crippen molar-refractivity contribution in [3.8, 4) is 11.1 Å². The summed E-state index contributed by atoms with van der Waals surface area (Å²) >= 11 is 4.68. The van der Waals surface area contributed by atoms with Crippen LogP contribution in [0, 0.1) is 11.8 Å². The van der Waals surface area contributed by atoms with Gasteiger partial charge in [0.2, 0.25) is 0 Å². The fraction of sp³-hybridized carbons (Fsp3) is 0.458. The standard InChI is InChI=1S/C24H29NS/c1-2-5-19-8-10-20(11-9-19)12-13-21-6-3-4-7-24(21)22-14-16-23(17-15-22)25-18-26/h3-4,6-7,14-17,19-20H,2,5,8-13H2,1H3. The Labute approximate surface area is 163 Å². The summed E-state index contributed by atoms with van der Waals surface area (Å²) < 4.78 is 0. The van der Waals surface area contributed by atoms with Gasteiger partial charge in [-0.2, -0.15) is 4.99 Å². The first-order chi connectivity index (χ1) is 12.8. The van der Waals surface area contributed by atoms with Crippen molar-refractivity contribution in [2.24, 2.45) is 16.8 Å². The molecule has 1 aliphatic carbocycles. The molecule has 0 bridgehead atoms. The van der Waals surface area contributed by atoms with E-state index in [4.69, 9.17) is 0 Å². The Morgan fingerprint density at radius 1 is 0.923 bits per heavy atom. The number of hydrogen-bond donors (Lipinski definition) is 0. The van der Waals surface area contributed by atoms with Crippen LogP contribution in [0.15, 0.2) is 53.5 Å². The highest BCUT2D eigenvalue weighted by Gasteiger charge is 2.20. The van der Waals surface area contributed by atoms with Gasteiger partial charge in [-0.1, -0.05) is 81.8 Å². The van der Waals surface area contributed by atoms with E-state index in [1.807, 2.05) is 12.1 Å². The van der Waals surface area contributed by atoms with Gasteiger partial charge in [0.05, 0.1) is 10.8 Å². The molecular formula is C24H29NS. The Bertz CT molecular complexity index is 735. The predicted molar refractivity (Wildman–Crippen MR) is 115 cm³/mol. The normalized spacial score (nSPS) is 19.7. The highest BCUT2D eigenvalue weighted by Crippen LogP contribution is 2.35. The van der Waals surface area contributed by atoms with E-state index in [0.29, 0.717) is 0 Å². The zero-order chi connectivity index (χ0) is 18.2. The molecule has 2 aromatic rings. The molecule has 2 heteroatoms. The van der Waals surface area contributed by atoms with E-state index in [9.17, 15) is 0 Å². The Morgan fingerprint density at radius 2 is 1.58 bits per heavy atom. The van der Waals surface area contributed by atoms with Gasteiger partial charge in [-0.15, -0.1) is 0 Å². The summed E-state index contributed by atoms with van der Waals surface area (Å²) in [5.74, 6) is 1.91. The maximum absolute atomic E-state index is 4.68. The maximum Gasteiger partial charge on any atom is 0.0739 e. The topological polar surface area (TPSA) is 12.4 Å². The van der Waals surface area contributed by atoms with Crippen molar-refractivity contribution >= 4 is 23.1 Å². The molecule has 1 aliphatic rings. The molecule has 0 N–H and O–H groups in total. The van der Waals surface area contributed by atoms with E-state index in [1.165, 1.54) is 68.1 Å². The van der Waals surface area contributed by atoms with Crippen molar-refractivity contribution in [2.45, 2.75) is 58.3 Å². The van der Waals surface area contributed by atoms with Crippen molar-refractivity contribution < 1.29 is 0 Å². The zero-order valence-electron chi connectivity index (χ0n) is 15.8. The summed E-state index contributed by atoms with van der Waals surface area (Å²) in [6.07, 6.45) is 11.0. The van der Waals surface area contributed by atoms with Crippen molar-refractivity contribution in [3.63, 3.8) is 0 Å². The lowest BCUT2D eigenvalue weighted by atomic mass is 9.78. The first-order valence-corrected chi connectivity index (χ1v) is 10.5. The third kappa shape index (κ3) is 5.13. The maximum atomic E-state index is 4.68. The van der Waals surface area contributed by atoms with Crippen LogP contribution >= 0.6 is 12.2 Å². The van der Waals surface area contributed by atoms with Gasteiger partial charge in [0, 0.05) is 0 Å². The van der Waals surface area contributed by atoms with Crippen LogP contribution < -0.4 is 0 Å². The van der Waals surface area contributed by atoms with Gasteiger partial charge in [-0.25, -0.2) is 0 Å². The van der Waals surface area contributed by atoms with E-state index in [-0.39, 0.29) is 0 Å². The molecule has 1 nitrogen and oxygen atoms in total. The van der Waals surface area contributed by atoms with E-state index in [2.05, 4.69) is 65.7 Å². The number of isothiocyanates is 1. The third-order valence-corrected chi connectivity index (χ3v) is 5.95. The van der Waals surface area contributed by atoms with E-state index in [1.54, 1.807) is 0 Å². The van der Waals surface area contributed by atoms with Crippen LogP contribution in [0.4, 0.5) is 5.69 Å². The number of aliphatic imine (C=N–C) groups is 1. The number of aryl methyl sites for hydroxylation is 1. The van der Waals surface area contributed by atoms with E-state index >= 15 is 0 Å². The molecule has 0 amide bonds. The minimum atomic E-state index is 0.866. The number of thiocarbonyl (C=S) groups is 1. The first-order valence-electron chi connectivity index (χ1n) is 10.1. The van der Waals surface area contributed by atoms with Crippen molar-refractivity contribution in [1.29, 1.82) is 0 Å². The number of hydrogen-bond acceptors (Lipinski definition) is 2. The smallest absolute Gasteiger partial charge is 0.0739 e. The quantitative estimate of drug-likeness (QED) is 0.364. The number of benzene rings is 2. The average molecular weight is 364 g/mol. The average Bonchev–Trinajstić information content (AvgIpc) is 2.69. The molecule has 0 spiro atoms. The Balaban J connectivity index is 1.63. The molecule has 26 heavy (non-hydrogen) atoms. The van der Waals surface area contributed by atoms with Gasteiger partial charge in [-0.05, 0) is 65.7 Å². The monoisotopic (exact) mass is 363 g/mol. The van der Waals surface area contributed by atoms with Crippen LogP contribution in [0.2, 0.25) is 0 Å². The summed E-state index contributed by atoms with van der Waals surface area (Å²) in [6, 6.07) is 17.1. The second-order valence-electron chi connectivity index (χ2n) is 7.62. The summed E-state index contributed by atoms with van der Waals surface area (Å²) in [4.78, 5) is 4.05. The summed E-state index contributed by atoms with van der Waals surface area (Å²) in [7, 11) is 0. The second-order valence-corrected chi connectivity index (χ2v) is 7.80. The molecule has 0 radical (unpaired) electrons. The summed E-state index contributed by atoms with van der Waals surface area (Å²) in [6.45, 7) is 2.32. The molecule has 2 aromatic carbocycles. The minimum absolute atomic E-state index is 0.866. The van der Waals surface area contributed by atoms with Crippen LogP contribution in [-0.4, -0.2) is 5.16 Å². The highest BCUT2D eigenvalue weighted by atomic mass is 32.1. The van der Waals surface area contributed by atoms with Crippen LogP contribution in [-0.2, 0) is 6.42 Å². The fourth-order valence-corrected chi connectivity index (χ4v) is 4.47. The largest absolute Gasteiger partial charge is 0.195 e. The van der Waals surface area contributed by atoms with Crippen LogP contribution in [0.3, 0.4) is 0 Å². The SMILES string of the molecule is CCCC1CCC(CCc2ccccc2-c2ccc(N=C=S)cc2)CC1. The molecule has 1 saturated carbocycles. The van der Waals surface area contributed by atoms with Crippen molar-refractivity contribution in [1.82, 2.24) is 0 Å². The van der Waals surface area contributed by atoms with Crippen LogP contribution in [0.5, 0.6) is 0 Å². The molecular weight excluding hydrogens is 334 g/mol. The lowest BCUT2D eigenvalue weighted by molar-refractivity contribution is 0.252. The summed E-state index contributed by atoms with van der Waals surface area (Å²) in [5, 5.41) is 2.43. The lowest BCUT2D eigenvalue weighted by Gasteiger charge is -2.28. The Morgan fingerprint density at radius 3 is 2.23 bits per heavy atom. The van der Waals surface area contributed by atoms with Crippen LogP contribution in [0.25, 0.3) is 11.1 Å². The molecule has 0 aliphatic heterocycles. The molecule has 0 unspecified atom stereocenters. The van der Waals surface area contributed by atoms with Gasteiger partial charge in [0.25, 0.3) is 0 Å². The first kappa shape index (κ1) is 19.0. The molecule has 0 heterocycles. The van der Waals surface area contributed by atoms with Gasteiger partial charge in [0.1, 0.15) is 0 Å². The van der Waals surface area contributed by atoms with E-state index in [0.717, 1.165) is 17.5 Å². The molecule has 3 rings (SSSR count). The second kappa shape index (κ2) is 9.80. The minimum Gasteiger partial charge on any atom is -0.195 e. The lowest BCUT2D eigenvalue weighted by Crippen LogP contribution is -2.15. The molecule has 1 fully saturated rings. The number of nitrogens with zero attached hydrogens (tertiary/aromatic N) is 1. The molecule has 0 saturated heterocycles. The van der Waals surface area contributed by atoms with Gasteiger partial charge in [0.15, 0.2) is 0 Å².